The number of carbonyl (C=O) groups is 1. The second-order valence-electron chi connectivity index (χ2n) is 4.87. The highest BCUT2D eigenvalue weighted by Crippen LogP contribution is 2.30. The summed E-state index contributed by atoms with van der Waals surface area (Å²) >= 11 is 6.25. The Morgan fingerprint density at radius 1 is 1.04 bits per heavy atom. The summed E-state index contributed by atoms with van der Waals surface area (Å²) in [6.45, 7) is 0.109. The maximum Gasteiger partial charge on any atom is 0.371 e. The van der Waals surface area contributed by atoms with Crippen LogP contribution < -0.4 is 4.74 Å². The summed E-state index contributed by atoms with van der Waals surface area (Å²) in [7, 11) is 0. The minimum atomic E-state index is -1.11. The fourth-order valence-electron chi connectivity index (χ4n) is 2.15. The lowest BCUT2D eigenvalue weighted by Crippen LogP contribution is -1.96. The molecule has 1 aromatic heterocycles. The normalized spacial score (nSPS) is 10.5. The van der Waals surface area contributed by atoms with Crippen molar-refractivity contribution in [2.45, 2.75) is 6.61 Å². The lowest BCUT2D eigenvalue weighted by atomic mass is 10.1. The number of carboxylic acids is 1. The van der Waals surface area contributed by atoms with E-state index in [1.54, 1.807) is 12.1 Å². The van der Waals surface area contributed by atoms with E-state index in [-0.39, 0.29) is 12.4 Å². The van der Waals surface area contributed by atoms with Gasteiger partial charge in [-0.05, 0) is 35.4 Å². The summed E-state index contributed by atoms with van der Waals surface area (Å²) in [6.07, 6.45) is 0. The predicted octanol–water partition coefficient (Wildman–Crippen LogP) is 4.88. The summed E-state index contributed by atoms with van der Waals surface area (Å²) in [4.78, 5) is 10.8. The molecule has 0 radical (unpaired) electrons. The van der Waals surface area contributed by atoms with Crippen LogP contribution in [0.1, 0.15) is 16.3 Å². The number of hydrogen-bond donors (Lipinski definition) is 1. The maximum atomic E-state index is 10.8. The van der Waals surface area contributed by atoms with E-state index in [9.17, 15) is 4.79 Å². The Bertz CT molecular complexity index is 824. The van der Waals surface area contributed by atoms with Crippen molar-refractivity contribution in [1.82, 2.24) is 0 Å². The van der Waals surface area contributed by atoms with Gasteiger partial charge in [-0.2, -0.15) is 0 Å². The van der Waals surface area contributed by atoms with Gasteiger partial charge in [-0.25, -0.2) is 4.79 Å². The van der Waals surface area contributed by atoms with Crippen LogP contribution in [0, 0.1) is 0 Å². The van der Waals surface area contributed by atoms with Crippen LogP contribution in [0.25, 0.3) is 11.1 Å². The van der Waals surface area contributed by atoms with Crippen LogP contribution in [0.15, 0.2) is 65.1 Å². The molecular formula is C18H13ClO4. The highest BCUT2D eigenvalue weighted by Gasteiger charge is 2.10. The Labute approximate surface area is 137 Å². The third-order valence-corrected chi connectivity index (χ3v) is 3.58. The number of hydrogen-bond acceptors (Lipinski definition) is 3. The molecule has 0 fully saturated rings. The van der Waals surface area contributed by atoms with Crippen molar-refractivity contribution < 1.29 is 19.1 Å². The van der Waals surface area contributed by atoms with Crippen molar-refractivity contribution in [2.24, 2.45) is 0 Å². The number of carboxylic acid groups (broad SMARTS) is 1. The Balaban J connectivity index is 1.72. The second-order valence-corrected chi connectivity index (χ2v) is 5.28. The zero-order chi connectivity index (χ0) is 16.2. The fourth-order valence-corrected chi connectivity index (χ4v) is 2.38. The van der Waals surface area contributed by atoms with Crippen LogP contribution in [0.4, 0.5) is 0 Å². The third-order valence-electron chi connectivity index (χ3n) is 3.28. The van der Waals surface area contributed by atoms with E-state index >= 15 is 0 Å². The minimum absolute atomic E-state index is 0.109. The molecule has 0 unspecified atom stereocenters. The molecule has 2 aromatic carbocycles. The van der Waals surface area contributed by atoms with E-state index in [4.69, 9.17) is 25.9 Å². The van der Waals surface area contributed by atoms with E-state index in [0.717, 1.165) is 11.1 Å². The summed E-state index contributed by atoms with van der Waals surface area (Å²) in [5.41, 5.74) is 2.06. The van der Waals surface area contributed by atoms with Gasteiger partial charge in [0.15, 0.2) is 0 Å². The Morgan fingerprint density at radius 2 is 1.83 bits per heavy atom. The first-order chi connectivity index (χ1) is 11.1. The van der Waals surface area contributed by atoms with Crippen molar-refractivity contribution in [3.8, 4) is 16.9 Å². The van der Waals surface area contributed by atoms with Gasteiger partial charge in [-0.1, -0.05) is 48.0 Å². The van der Waals surface area contributed by atoms with Gasteiger partial charge in [0.25, 0.3) is 0 Å². The summed E-state index contributed by atoms with van der Waals surface area (Å²) in [5.74, 6) is -0.291. The zero-order valence-electron chi connectivity index (χ0n) is 12.0. The third kappa shape index (κ3) is 3.55. The van der Waals surface area contributed by atoms with Crippen LogP contribution in [0.3, 0.4) is 0 Å². The van der Waals surface area contributed by atoms with Crippen LogP contribution in [0.2, 0.25) is 5.02 Å². The minimum Gasteiger partial charge on any atom is -0.484 e. The van der Waals surface area contributed by atoms with Gasteiger partial charge in [0.2, 0.25) is 5.76 Å². The Kier molecular flexibility index (Phi) is 4.35. The first-order valence-corrected chi connectivity index (χ1v) is 7.31. The number of furan rings is 1. The largest absolute Gasteiger partial charge is 0.484 e. The molecule has 0 aliphatic carbocycles. The molecule has 116 valence electrons. The molecule has 0 aliphatic heterocycles. The van der Waals surface area contributed by atoms with Gasteiger partial charge in [-0.3, -0.25) is 0 Å². The van der Waals surface area contributed by atoms with E-state index in [1.165, 1.54) is 6.07 Å². The molecule has 1 heterocycles. The van der Waals surface area contributed by atoms with Crippen LogP contribution >= 0.6 is 11.6 Å². The molecule has 0 bridgehead atoms. The topological polar surface area (TPSA) is 59.7 Å². The van der Waals surface area contributed by atoms with Crippen molar-refractivity contribution in [3.63, 3.8) is 0 Å². The van der Waals surface area contributed by atoms with E-state index in [2.05, 4.69) is 0 Å². The molecule has 3 rings (SSSR count). The molecule has 5 heteroatoms. The number of halogens is 1. The van der Waals surface area contributed by atoms with Crippen LogP contribution in [-0.4, -0.2) is 11.1 Å². The van der Waals surface area contributed by atoms with Gasteiger partial charge >= 0.3 is 5.97 Å². The molecular weight excluding hydrogens is 316 g/mol. The summed E-state index contributed by atoms with van der Waals surface area (Å²) < 4.78 is 10.7. The molecule has 4 nitrogen and oxygen atoms in total. The molecule has 0 saturated heterocycles. The van der Waals surface area contributed by atoms with Gasteiger partial charge in [-0.15, -0.1) is 0 Å². The number of aromatic carboxylic acids is 1. The van der Waals surface area contributed by atoms with Crippen molar-refractivity contribution in [3.05, 3.63) is 77.2 Å². The molecule has 0 aliphatic rings. The highest BCUT2D eigenvalue weighted by molar-refractivity contribution is 6.32. The molecule has 23 heavy (non-hydrogen) atoms. The quantitative estimate of drug-likeness (QED) is 0.725. The lowest BCUT2D eigenvalue weighted by Gasteiger charge is -2.08. The van der Waals surface area contributed by atoms with E-state index in [0.29, 0.717) is 16.5 Å². The molecule has 0 atom stereocenters. The SMILES string of the molecule is O=C(O)c1ccc(COc2ccc(-c3ccccc3)cc2Cl)o1. The summed E-state index contributed by atoms with van der Waals surface area (Å²) in [6, 6.07) is 18.4. The fraction of sp³-hybridized carbons (Fsp3) is 0.0556. The predicted molar refractivity (Wildman–Crippen MR) is 86.9 cm³/mol. The second kappa shape index (κ2) is 6.58. The van der Waals surface area contributed by atoms with Crippen molar-refractivity contribution >= 4 is 17.6 Å². The highest BCUT2D eigenvalue weighted by atomic mass is 35.5. The number of benzene rings is 2. The first kappa shape index (κ1) is 15.2. The number of rotatable bonds is 5. The van der Waals surface area contributed by atoms with E-state index in [1.807, 2.05) is 42.5 Å². The molecule has 1 N–H and O–H groups in total. The van der Waals surface area contributed by atoms with Crippen molar-refractivity contribution in [2.75, 3.05) is 0 Å². The van der Waals surface area contributed by atoms with Crippen molar-refractivity contribution in [1.29, 1.82) is 0 Å². The van der Waals surface area contributed by atoms with Crippen LogP contribution in [0.5, 0.6) is 5.75 Å². The maximum absolute atomic E-state index is 10.8. The average Bonchev–Trinajstić information content (AvgIpc) is 3.04. The van der Waals surface area contributed by atoms with Gasteiger partial charge in [0.1, 0.15) is 18.1 Å². The zero-order valence-corrected chi connectivity index (χ0v) is 12.8. The Morgan fingerprint density at radius 3 is 2.48 bits per heavy atom. The van der Waals surface area contributed by atoms with Crippen LogP contribution in [-0.2, 0) is 6.61 Å². The number of ether oxygens (including phenoxy) is 1. The van der Waals surface area contributed by atoms with E-state index < -0.39 is 5.97 Å². The molecule has 0 amide bonds. The Hall–Kier alpha value is -2.72. The van der Waals surface area contributed by atoms with Gasteiger partial charge in [0, 0.05) is 0 Å². The lowest BCUT2D eigenvalue weighted by molar-refractivity contribution is 0.0658. The monoisotopic (exact) mass is 328 g/mol. The molecule has 0 saturated carbocycles. The summed E-state index contributed by atoms with van der Waals surface area (Å²) in [5, 5.41) is 9.29. The van der Waals surface area contributed by atoms with Gasteiger partial charge < -0.3 is 14.3 Å². The first-order valence-electron chi connectivity index (χ1n) is 6.93. The smallest absolute Gasteiger partial charge is 0.371 e. The molecule has 3 aromatic rings. The molecule has 0 spiro atoms. The van der Waals surface area contributed by atoms with Gasteiger partial charge in [0.05, 0.1) is 5.02 Å². The average molecular weight is 329 g/mol. The standard InChI is InChI=1S/C18H13ClO4/c19-15-10-13(12-4-2-1-3-5-12)6-8-16(15)22-11-14-7-9-17(23-14)18(20)21/h1-10H,11H2,(H,20,21).